The van der Waals surface area contributed by atoms with Crippen LogP contribution in [0.1, 0.15) is 90.1 Å². The van der Waals surface area contributed by atoms with Gasteiger partial charge in [-0.25, -0.2) is 9.78 Å². The first-order valence-corrected chi connectivity index (χ1v) is 24.4. The van der Waals surface area contributed by atoms with Crippen LogP contribution in [0.2, 0.25) is 0 Å². The molecule has 0 spiro atoms. The Balaban J connectivity index is 0.00000656. The highest BCUT2D eigenvalue weighted by Gasteiger charge is 2.34. The Bertz CT molecular complexity index is 3040. The Morgan fingerprint density at radius 2 is 1.29 bits per heavy atom. The van der Waals surface area contributed by atoms with Crippen LogP contribution in [0.4, 0.5) is 4.79 Å². The minimum Gasteiger partial charge on any atom is -0.494 e. The van der Waals surface area contributed by atoms with Crippen LogP contribution in [0, 0.1) is 0 Å². The van der Waals surface area contributed by atoms with Gasteiger partial charge in [-0.15, -0.1) is 0 Å². The number of unbranched alkanes of at least 4 members (excludes halogenated alkanes) is 1. The van der Waals surface area contributed by atoms with Crippen LogP contribution in [0.3, 0.4) is 0 Å². The van der Waals surface area contributed by atoms with Gasteiger partial charge in [0.2, 0.25) is 0 Å². The Kier molecular flexibility index (Phi) is 16.0. The molecule has 73 heavy (non-hydrogen) atoms. The molecule has 15 heteroatoms. The summed E-state index contributed by atoms with van der Waals surface area (Å²) >= 11 is 0. The number of nitrogens with one attached hydrogen (secondary N) is 1. The van der Waals surface area contributed by atoms with Crippen LogP contribution >= 0.6 is 0 Å². The van der Waals surface area contributed by atoms with Crippen molar-refractivity contribution < 1.29 is 23.8 Å². The minimum atomic E-state index is -0.560. The lowest BCUT2D eigenvalue weighted by atomic mass is 9.90. The second kappa shape index (κ2) is 23.4. The third kappa shape index (κ3) is 12.3. The average molecular weight is 978 g/mol. The fraction of sp³-hybridized carbons (Fsp3) is 0.276. The summed E-state index contributed by atoms with van der Waals surface area (Å²) in [5.41, 5.74) is 10.2. The molecule has 8 aromatic rings. The highest BCUT2D eigenvalue weighted by molar-refractivity contribution is 5.86. The zero-order valence-electron chi connectivity index (χ0n) is 40.2. The second-order valence-electron chi connectivity index (χ2n) is 18.2. The maximum absolute atomic E-state index is 13.6. The van der Waals surface area contributed by atoms with Crippen molar-refractivity contribution in [1.29, 1.82) is 0 Å². The molecule has 0 bridgehead atoms. The van der Waals surface area contributed by atoms with Crippen LogP contribution in [-0.2, 0) is 62.0 Å². The molecule has 15 nitrogen and oxygen atoms in total. The summed E-state index contributed by atoms with van der Waals surface area (Å²) in [5, 5.41) is 3.66. The summed E-state index contributed by atoms with van der Waals surface area (Å²) in [6.45, 7) is 6.91. The van der Waals surface area contributed by atoms with Crippen molar-refractivity contribution in [2.24, 2.45) is 0 Å². The molecule has 0 fully saturated rings. The van der Waals surface area contributed by atoms with Gasteiger partial charge in [-0.2, -0.15) is 0 Å². The largest absolute Gasteiger partial charge is 0.494 e. The third-order valence-corrected chi connectivity index (χ3v) is 12.9. The number of fused-ring (bicyclic) bond motifs is 5. The fourth-order valence-electron chi connectivity index (χ4n) is 9.53. The molecule has 372 valence electrons. The highest BCUT2D eigenvalue weighted by Crippen LogP contribution is 2.37. The molecule has 1 unspecified atom stereocenters. The molecule has 1 N–H and O–H groups in total. The van der Waals surface area contributed by atoms with Gasteiger partial charge in [-0.3, -0.25) is 39.3 Å². The van der Waals surface area contributed by atoms with E-state index in [-0.39, 0.29) is 25.6 Å². The van der Waals surface area contributed by atoms with E-state index < -0.39 is 12.0 Å². The number of carbonyl (C=O) groups is 2. The Labute approximate surface area is 424 Å². The number of amides is 1. The van der Waals surface area contributed by atoms with Crippen LogP contribution in [0.15, 0.2) is 151 Å². The SMILES string of the molecule is C.CCC1C(=O)OCc2c1cc1n(c2=O)Cc2cc3cc(OC(=O)NCCCCOc4cc(CN(Cc5ccccn5)Cc5ccccn5)cc(CN(Cc5ccccn5)Cc5ccccn5)c4)ccc3nc2-1. The number of hydrogen-bond acceptors (Lipinski definition) is 13. The van der Waals surface area contributed by atoms with Crippen molar-refractivity contribution in [2.75, 3.05) is 13.2 Å². The van der Waals surface area contributed by atoms with Crippen molar-refractivity contribution in [3.05, 3.63) is 207 Å². The maximum Gasteiger partial charge on any atom is 0.412 e. The second-order valence-corrected chi connectivity index (χ2v) is 18.2. The normalized spacial score (nSPS) is 13.5. The van der Waals surface area contributed by atoms with E-state index in [4.69, 9.17) is 19.2 Å². The lowest BCUT2D eigenvalue weighted by Gasteiger charge is -2.25. The average Bonchev–Trinajstić information content (AvgIpc) is 3.75. The van der Waals surface area contributed by atoms with Gasteiger partial charge in [0, 0.05) is 81.6 Å². The Morgan fingerprint density at radius 3 is 1.84 bits per heavy atom. The quantitative estimate of drug-likeness (QED) is 0.0567. The van der Waals surface area contributed by atoms with Gasteiger partial charge in [-0.1, -0.05) is 44.7 Å². The van der Waals surface area contributed by atoms with Crippen LogP contribution in [-0.4, -0.2) is 64.5 Å². The summed E-state index contributed by atoms with van der Waals surface area (Å²) in [6.07, 6.45) is 8.65. The number of aromatic nitrogens is 6. The van der Waals surface area contributed by atoms with E-state index in [1.807, 2.05) is 117 Å². The van der Waals surface area contributed by atoms with E-state index in [0.717, 1.165) is 56.2 Å². The number of benzene rings is 2. The topological polar surface area (TPSA) is 167 Å². The molecular weight excluding hydrogens is 919 g/mol. The first-order chi connectivity index (χ1) is 35.3. The molecule has 10 rings (SSSR count). The number of hydrogen-bond donors (Lipinski definition) is 1. The van der Waals surface area contributed by atoms with Gasteiger partial charge in [0.25, 0.3) is 5.56 Å². The Hall–Kier alpha value is -8.14. The molecule has 2 aromatic carbocycles. The van der Waals surface area contributed by atoms with Crippen molar-refractivity contribution in [2.45, 2.75) is 92.0 Å². The zero-order chi connectivity index (χ0) is 49.2. The van der Waals surface area contributed by atoms with Gasteiger partial charge >= 0.3 is 12.1 Å². The van der Waals surface area contributed by atoms with Crippen LogP contribution < -0.4 is 20.3 Å². The van der Waals surface area contributed by atoms with E-state index in [2.05, 4.69) is 53.3 Å². The monoisotopic (exact) mass is 977 g/mol. The van der Waals surface area contributed by atoms with E-state index >= 15 is 0 Å². The zero-order valence-corrected chi connectivity index (χ0v) is 40.2. The molecule has 6 aromatic heterocycles. The minimum absolute atomic E-state index is 0. The van der Waals surface area contributed by atoms with Crippen LogP contribution in [0.25, 0.3) is 22.3 Å². The van der Waals surface area contributed by atoms with Crippen molar-refractivity contribution in [3.63, 3.8) is 0 Å². The van der Waals surface area contributed by atoms with Gasteiger partial charge in [0.05, 0.1) is 64.3 Å². The molecular formula is C58H59N9O6. The van der Waals surface area contributed by atoms with Gasteiger partial charge in [-0.05, 0) is 127 Å². The number of carbonyl (C=O) groups excluding carboxylic acids is 2. The summed E-state index contributed by atoms with van der Waals surface area (Å²) in [5.74, 6) is 0.365. The first kappa shape index (κ1) is 49.8. The van der Waals surface area contributed by atoms with E-state index in [1.54, 1.807) is 22.8 Å². The number of cyclic esters (lactones) is 1. The summed E-state index contributed by atoms with van der Waals surface area (Å²) in [4.78, 5) is 67.2. The predicted octanol–water partition coefficient (Wildman–Crippen LogP) is 9.54. The fourth-order valence-corrected chi connectivity index (χ4v) is 9.53. The van der Waals surface area contributed by atoms with Gasteiger partial charge in [0.15, 0.2) is 0 Å². The molecule has 0 aliphatic carbocycles. The van der Waals surface area contributed by atoms with Crippen molar-refractivity contribution >= 4 is 23.0 Å². The molecule has 2 aliphatic rings. The van der Waals surface area contributed by atoms with Crippen molar-refractivity contribution in [3.8, 4) is 22.9 Å². The molecule has 2 aliphatic heterocycles. The van der Waals surface area contributed by atoms with Crippen LogP contribution in [0.5, 0.6) is 11.5 Å². The van der Waals surface area contributed by atoms with Crippen molar-refractivity contribution in [1.82, 2.24) is 44.6 Å². The standard InChI is InChI=1S/C57H55N9O6.CH4/c1-2-49-50-30-53-54-42(33-66(53)55(67)51(50)38-71-56(49)68)28-41-29-47(17-18-52(41)63-54)72-57(69)62-23-11-12-24-70-48-26-39(31-64(34-43-13-3-7-19-58-43)35-44-14-4-8-20-59-44)25-40(27-48)32-65(36-45-15-5-9-21-60-45)37-46-16-6-10-22-61-46;/h3-10,13-22,25-30,49H,2,11-12,23-24,31-38H2,1H3,(H,62,69);1H4. The molecule has 1 atom stereocenters. The molecule has 0 saturated heterocycles. The third-order valence-electron chi connectivity index (χ3n) is 12.9. The number of nitrogens with zero attached hydrogens (tertiary/aromatic N) is 8. The lowest BCUT2D eigenvalue weighted by Crippen LogP contribution is -2.32. The molecule has 8 heterocycles. The summed E-state index contributed by atoms with van der Waals surface area (Å²) in [6, 6.07) is 39.6. The highest BCUT2D eigenvalue weighted by atomic mass is 16.6. The number of rotatable bonds is 20. The maximum atomic E-state index is 13.6. The van der Waals surface area contributed by atoms with E-state index in [1.165, 1.54) is 0 Å². The predicted molar refractivity (Wildman–Crippen MR) is 278 cm³/mol. The smallest absolute Gasteiger partial charge is 0.412 e. The van der Waals surface area contributed by atoms with Gasteiger partial charge in [0.1, 0.15) is 18.1 Å². The molecule has 0 saturated carbocycles. The Morgan fingerprint density at radius 1 is 0.699 bits per heavy atom. The molecule has 1 amide bonds. The van der Waals surface area contributed by atoms with Gasteiger partial charge < -0.3 is 24.1 Å². The number of pyridine rings is 6. The van der Waals surface area contributed by atoms with E-state index in [9.17, 15) is 14.4 Å². The summed E-state index contributed by atoms with van der Waals surface area (Å²) < 4.78 is 19.2. The lowest BCUT2D eigenvalue weighted by molar-refractivity contribution is -0.148. The van der Waals surface area contributed by atoms with E-state index in [0.29, 0.717) is 106 Å². The number of esters is 1. The number of ether oxygens (including phenoxy) is 3. The first-order valence-electron chi connectivity index (χ1n) is 24.4. The summed E-state index contributed by atoms with van der Waals surface area (Å²) in [7, 11) is 0. The molecule has 0 radical (unpaired) electrons.